The molecule has 0 aliphatic rings. The van der Waals surface area contributed by atoms with Gasteiger partial charge in [0.1, 0.15) is 5.75 Å². The van der Waals surface area contributed by atoms with Crippen molar-refractivity contribution in [2.75, 3.05) is 6.61 Å². The fourth-order valence-electron chi connectivity index (χ4n) is 2.02. The lowest BCUT2D eigenvalue weighted by Crippen LogP contribution is -2.07. The molecule has 0 saturated heterocycles. The molecule has 0 saturated carbocycles. The second-order valence-electron chi connectivity index (χ2n) is 4.76. The quantitative estimate of drug-likeness (QED) is 0.823. The molecule has 0 amide bonds. The van der Waals surface area contributed by atoms with Crippen molar-refractivity contribution in [3.63, 3.8) is 0 Å². The van der Waals surface area contributed by atoms with E-state index in [4.69, 9.17) is 10.5 Å². The summed E-state index contributed by atoms with van der Waals surface area (Å²) in [4.78, 5) is 0. The highest BCUT2D eigenvalue weighted by Gasteiger charge is 2.07. The molecular weight excluding hydrogens is 318 g/mol. The van der Waals surface area contributed by atoms with E-state index in [9.17, 15) is 0 Å². The van der Waals surface area contributed by atoms with E-state index < -0.39 is 0 Å². The molecule has 20 heavy (non-hydrogen) atoms. The van der Waals surface area contributed by atoms with Crippen LogP contribution in [0.2, 0.25) is 0 Å². The van der Waals surface area contributed by atoms with Gasteiger partial charge in [-0.1, -0.05) is 12.1 Å². The van der Waals surface area contributed by atoms with Crippen LogP contribution in [0.3, 0.4) is 0 Å². The van der Waals surface area contributed by atoms with Crippen LogP contribution < -0.4 is 10.5 Å². The molecule has 0 unspecified atom stereocenters. The average molecular weight is 338 g/mol. The molecule has 1 aromatic heterocycles. The average Bonchev–Trinajstić information content (AvgIpc) is 2.71. The second kappa shape index (κ2) is 6.90. The molecule has 0 atom stereocenters. The Morgan fingerprint density at radius 1 is 1.25 bits per heavy atom. The zero-order valence-corrected chi connectivity index (χ0v) is 13.5. The van der Waals surface area contributed by atoms with Crippen LogP contribution in [0.1, 0.15) is 23.4 Å². The minimum Gasteiger partial charge on any atom is -0.494 e. The smallest absolute Gasteiger partial charge is 0.119 e. The first kappa shape index (κ1) is 15.1. The van der Waals surface area contributed by atoms with Gasteiger partial charge >= 0.3 is 0 Å². The van der Waals surface area contributed by atoms with Gasteiger partial charge in [0.05, 0.1) is 16.8 Å². The van der Waals surface area contributed by atoms with E-state index >= 15 is 0 Å². The summed E-state index contributed by atoms with van der Waals surface area (Å²) >= 11 is 3.53. The van der Waals surface area contributed by atoms with E-state index in [2.05, 4.69) is 28.0 Å². The summed E-state index contributed by atoms with van der Waals surface area (Å²) in [6, 6.07) is 7.91. The third kappa shape index (κ3) is 3.61. The summed E-state index contributed by atoms with van der Waals surface area (Å²) in [6.07, 6.45) is 0.924. The number of ether oxygens (including phenoxy) is 1. The maximum absolute atomic E-state index is 5.71. The summed E-state index contributed by atoms with van der Waals surface area (Å²) in [5, 5.41) is 4.48. The molecule has 0 fully saturated rings. The van der Waals surface area contributed by atoms with Gasteiger partial charge in [-0.05, 0) is 47.5 Å². The van der Waals surface area contributed by atoms with Crippen molar-refractivity contribution < 1.29 is 4.74 Å². The fraction of sp³-hybridized carbons (Fsp3) is 0.400. The molecule has 2 N–H and O–H groups in total. The molecule has 4 nitrogen and oxygen atoms in total. The normalized spacial score (nSPS) is 10.8. The first-order valence-corrected chi connectivity index (χ1v) is 7.52. The number of nitrogens with two attached hydrogens (primary N) is 1. The number of hydrogen-bond acceptors (Lipinski definition) is 3. The van der Waals surface area contributed by atoms with E-state index in [1.807, 2.05) is 35.9 Å². The molecule has 0 aliphatic heterocycles. The van der Waals surface area contributed by atoms with Crippen molar-refractivity contribution in [2.45, 2.75) is 33.4 Å². The molecule has 0 radical (unpaired) electrons. The monoisotopic (exact) mass is 337 g/mol. The first-order valence-electron chi connectivity index (χ1n) is 6.73. The number of rotatable bonds is 6. The Morgan fingerprint density at radius 3 is 2.50 bits per heavy atom. The minimum absolute atomic E-state index is 0.563. The Hall–Kier alpha value is -1.33. The minimum atomic E-state index is 0.563. The predicted molar refractivity (Wildman–Crippen MR) is 83.8 cm³/mol. The summed E-state index contributed by atoms with van der Waals surface area (Å²) < 4.78 is 8.82. The number of aryl methyl sites for hydroxylation is 2. The number of hydrogen-bond donors (Lipinski definition) is 1. The van der Waals surface area contributed by atoms with Crippen LogP contribution in [0.4, 0.5) is 0 Å². The van der Waals surface area contributed by atoms with Crippen LogP contribution in [0.15, 0.2) is 28.7 Å². The second-order valence-corrected chi connectivity index (χ2v) is 5.55. The van der Waals surface area contributed by atoms with Crippen LogP contribution in [-0.2, 0) is 13.1 Å². The SMILES string of the molecule is Cc1nn(CCCOc2ccc(CN)cc2)c(C)c1Br. The maximum atomic E-state index is 5.71. The van der Waals surface area contributed by atoms with Crippen LogP contribution in [-0.4, -0.2) is 16.4 Å². The predicted octanol–water partition coefficient (Wildman–Crippen LogP) is 3.19. The van der Waals surface area contributed by atoms with E-state index in [-0.39, 0.29) is 0 Å². The largest absolute Gasteiger partial charge is 0.494 e. The Morgan fingerprint density at radius 2 is 1.95 bits per heavy atom. The van der Waals surface area contributed by atoms with Gasteiger partial charge in [-0.2, -0.15) is 5.10 Å². The molecule has 2 aromatic rings. The molecular formula is C15H20BrN3O. The van der Waals surface area contributed by atoms with E-state index in [0.29, 0.717) is 13.2 Å². The van der Waals surface area contributed by atoms with Crippen molar-refractivity contribution >= 4 is 15.9 Å². The van der Waals surface area contributed by atoms with Gasteiger partial charge in [0.25, 0.3) is 0 Å². The molecule has 1 heterocycles. The fourth-order valence-corrected chi connectivity index (χ4v) is 2.30. The molecule has 0 bridgehead atoms. The van der Waals surface area contributed by atoms with E-state index in [0.717, 1.165) is 40.1 Å². The number of benzene rings is 1. The van der Waals surface area contributed by atoms with Crippen molar-refractivity contribution in [3.8, 4) is 5.75 Å². The lowest BCUT2D eigenvalue weighted by atomic mass is 10.2. The first-order chi connectivity index (χ1) is 9.61. The summed E-state index contributed by atoms with van der Waals surface area (Å²) in [6.45, 7) is 6.17. The third-order valence-corrected chi connectivity index (χ3v) is 4.38. The van der Waals surface area contributed by atoms with Crippen molar-refractivity contribution in [1.82, 2.24) is 9.78 Å². The van der Waals surface area contributed by atoms with Gasteiger partial charge in [0, 0.05) is 25.2 Å². The number of nitrogens with zero attached hydrogens (tertiary/aromatic N) is 2. The van der Waals surface area contributed by atoms with E-state index in [1.54, 1.807) is 0 Å². The molecule has 2 rings (SSSR count). The van der Waals surface area contributed by atoms with Crippen molar-refractivity contribution in [1.29, 1.82) is 0 Å². The highest BCUT2D eigenvalue weighted by Crippen LogP contribution is 2.20. The molecule has 0 spiro atoms. The lowest BCUT2D eigenvalue weighted by molar-refractivity contribution is 0.298. The zero-order valence-electron chi connectivity index (χ0n) is 11.9. The maximum Gasteiger partial charge on any atom is 0.119 e. The Labute approximate surface area is 128 Å². The van der Waals surface area contributed by atoms with Gasteiger partial charge in [-0.15, -0.1) is 0 Å². The number of aromatic nitrogens is 2. The van der Waals surface area contributed by atoms with Gasteiger partial charge in [-0.25, -0.2) is 0 Å². The Kier molecular flexibility index (Phi) is 5.20. The standard InChI is InChI=1S/C15H20BrN3O/c1-11-15(16)12(2)19(18-11)8-3-9-20-14-6-4-13(10-17)5-7-14/h4-7H,3,8-10,17H2,1-2H3. The van der Waals surface area contributed by atoms with Crippen LogP contribution >= 0.6 is 15.9 Å². The highest BCUT2D eigenvalue weighted by atomic mass is 79.9. The molecule has 0 aliphatic carbocycles. The van der Waals surface area contributed by atoms with Gasteiger partial charge < -0.3 is 10.5 Å². The van der Waals surface area contributed by atoms with Crippen LogP contribution in [0, 0.1) is 13.8 Å². The van der Waals surface area contributed by atoms with Crippen LogP contribution in [0.5, 0.6) is 5.75 Å². The summed E-state index contributed by atoms with van der Waals surface area (Å²) in [5.74, 6) is 0.886. The Balaban J connectivity index is 1.79. The van der Waals surface area contributed by atoms with E-state index in [1.165, 1.54) is 0 Å². The topological polar surface area (TPSA) is 53.1 Å². The highest BCUT2D eigenvalue weighted by molar-refractivity contribution is 9.10. The molecule has 108 valence electrons. The number of halogens is 1. The molecule has 5 heteroatoms. The van der Waals surface area contributed by atoms with Crippen LogP contribution in [0.25, 0.3) is 0 Å². The lowest BCUT2D eigenvalue weighted by Gasteiger charge is -2.08. The van der Waals surface area contributed by atoms with Crippen molar-refractivity contribution in [2.24, 2.45) is 5.73 Å². The van der Waals surface area contributed by atoms with Gasteiger partial charge in [0.2, 0.25) is 0 Å². The summed E-state index contributed by atoms with van der Waals surface area (Å²) in [7, 11) is 0. The third-order valence-electron chi connectivity index (χ3n) is 3.24. The molecule has 1 aromatic carbocycles. The van der Waals surface area contributed by atoms with Gasteiger partial charge in [-0.3, -0.25) is 4.68 Å². The van der Waals surface area contributed by atoms with Crippen molar-refractivity contribution in [3.05, 3.63) is 45.7 Å². The zero-order chi connectivity index (χ0) is 14.5. The Bertz CT molecular complexity index is 563. The summed E-state index contributed by atoms with van der Waals surface area (Å²) in [5.41, 5.74) is 8.87. The van der Waals surface area contributed by atoms with Gasteiger partial charge in [0.15, 0.2) is 0 Å².